The van der Waals surface area contributed by atoms with Gasteiger partial charge in [0.25, 0.3) is 0 Å². The predicted octanol–water partition coefficient (Wildman–Crippen LogP) is 20.1. The van der Waals surface area contributed by atoms with Crippen LogP contribution in [0.3, 0.4) is 0 Å². The van der Waals surface area contributed by atoms with Gasteiger partial charge in [-0.05, 0) is 37.5 Å². The molecule has 0 N–H and O–H groups in total. The minimum Gasteiger partial charge on any atom is -0.466 e. The van der Waals surface area contributed by atoms with Gasteiger partial charge in [0.1, 0.15) is 0 Å². The predicted molar refractivity (Wildman–Crippen MR) is 273 cm³/mol. The lowest BCUT2D eigenvalue weighted by molar-refractivity contribution is -0.144. The molecule has 62 heavy (non-hydrogen) atoms. The molecule has 2 unspecified atom stereocenters. The second kappa shape index (κ2) is 52.6. The molecule has 0 radical (unpaired) electrons. The molecule has 0 heterocycles. The van der Waals surface area contributed by atoms with Crippen molar-refractivity contribution in [3.63, 3.8) is 0 Å². The molecule has 0 aromatic rings. The van der Waals surface area contributed by atoms with Crippen molar-refractivity contribution in [3.8, 4) is 0 Å². The summed E-state index contributed by atoms with van der Waals surface area (Å²) in [6.07, 6.45) is 62.4. The molecule has 0 aliphatic heterocycles. The van der Waals surface area contributed by atoms with Crippen LogP contribution < -0.4 is 0 Å². The van der Waals surface area contributed by atoms with Crippen molar-refractivity contribution in [2.45, 2.75) is 336 Å². The molecule has 0 rings (SSSR count). The zero-order valence-electron chi connectivity index (χ0n) is 43.1. The third-order valence-electron chi connectivity index (χ3n) is 13.8. The molecule has 4 heteroatoms. The highest BCUT2D eigenvalue weighted by Gasteiger charge is 2.08. The van der Waals surface area contributed by atoms with Gasteiger partial charge in [-0.25, -0.2) is 0 Å². The van der Waals surface area contributed by atoms with E-state index in [1.54, 1.807) is 0 Å². The van der Waals surface area contributed by atoms with E-state index in [-0.39, 0.29) is 11.9 Å². The second-order valence-corrected chi connectivity index (χ2v) is 20.4. The first-order valence-corrected chi connectivity index (χ1v) is 28.8. The zero-order valence-corrected chi connectivity index (χ0v) is 43.1. The van der Waals surface area contributed by atoms with Crippen molar-refractivity contribution in [1.82, 2.24) is 0 Å². The summed E-state index contributed by atoms with van der Waals surface area (Å²) in [5.41, 5.74) is 0. The van der Waals surface area contributed by atoms with Gasteiger partial charge >= 0.3 is 11.9 Å². The van der Waals surface area contributed by atoms with Gasteiger partial charge in [-0.1, -0.05) is 297 Å². The number of rotatable bonds is 53. The second-order valence-electron chi connectivity index (χ2n) is 20.4. The Morgan fingerprint density at radius 3 is 0.758 bits per heavy atom. The molecule has 0 aliphatic carbocycles. The van der Waals surface area contributed by atoms with E-state index in [0.717, 1.165) is 37.5 Å². The number of hydrogen-bond acceptors (Lipinski definition) is 4. The van der Waals surface area contributed by atoms with Crippen LogP contribution in [0.2, 0.25) is 0 Å². The number of carbonyl (C=O) groups is 2. The van der Waals surface area contributed by atoms with Crippen LogP contribution in [-0.4, -0.2) is 25.2 Å². The van der Waals surface area contributed by atoms with E-state index >= 15 is 0 Å². The van der Waals surface area contributed by atoms with Crippen LogP contribution in [0, 0.1) is 11.8 Å². The fourth-order valence-corrected chi connectivity index (χ4v) is 9.33. The van der Waals surface area contributed by atoms with Crippen LogP contribution in [0.15, 0.2) is 0 Å². The monoisotopic (exact) mass is 875 g/mol. The summed E-state index contributed by atoms with van der Waals surface area (Å²) in [7, 11) is 0. The van der Waals surface area contributed by atoms with Crippen LogP contribution in [0.5, 0.6) is 0 Å². The highest BCUT2D eigenvalue weighted by atomic mass is 16.5. The third kappa shape index (κ3) is 51.6. The van der Waals surface area contributed by atoms with Gasteiger partial charge in [0.15, 0.2) is 0 Å². The maximum absolute atomic E-state index is 12.1. The first-order valence-electron chi connectivity index (χ1n) is 28.8. The molecule has 0 saturated carbocycles. The fourth-order valence-electron chi connectivity index (χ4n) is 9.33. The molecular weight excluding hydrogens is 761 g/mol. The van der Waals surface area contributed by atoms with E-state index in [1.165, 1.54) is 270 Å². The highest BCUT2D eigenvalue weighted by molar-refractivity contribution is 5.69. The average molecular weight is 876 g/mol. The summed E-state index contributed by atoms with van der Waals surface area (Å²) in [6.45, 7) is 10.7. The van der Waals surface area contributed by atoms with Gasteiger partial charge in [-0.3, -0.25) is 9.59 Å². The van der Waals surface area contributed by atoms with Crippen molar-refractivity contribution in [3.05, 3.63) is 0 Å². The molecule has 0 aliphatic rings. The zero-order chi connectivity index (χ0) is 45.1. The van der Waals surface area contributed by atoms with Crippen molar-refractivity contribution in [2.75, 3.05) is 13.2 Å². The average Bonchev–Trinajstić information content (AvgIpc) is 3.26. The van der Waals surface area contributed by atoms with E-state index in [9.17, 15) is 9.59 Å². The van der Waals surface area contributed by atoms with Gasteiger partial charge in [-0.15, -0.1) is 0 Å². The van der Waals surface area contributed by atoms with Gasteiger partial charge in [-0.2, -0.15) is 0 Å². The van der Waals surface area contributed by atoms with Crippen molar-refractivity contribution >= 4 is 11.9 Å². The largest absolute Gasteiger partial charge is 0.466 e. The van der Waals surface area contributed by atoms with E-state index in [0.29, 0.717) is 26.1 Å². The topological polar surface area (TPSA) is 52.6 Å². The molecule has 4 nitrogen and oxygen atoms in total. The summed E-state index contributed by atoms with van der Waals surface area (Å²) in [4.78, 5) is 24.2. The lowest BCUT2D eigenvalue weighted by Gasteiger charge is -2.14. The quantitative estimate of drug-likeness (QED) is 0.0451. The minimum absolute atomic E-state index is 0.0191. The third-order valence-corrected chi connectivity index (χ3v) is 13.8. The van der Waals surface area contributed by atoms with E-state index in [4.69, 9.17) is 9.47 Å². The lowest BCUT2D eigenvalue weighted by atomic mass is 9.92. The first kappa shape index (κ1) is 60.9. The van der Waals surface area contributed by atoms with Crippen LogP contribution >= 0.6 is 0 Å². The fraction of sp³-hybridized carbons (Fsp3) is 0.966. The van der Waals surface area contributed by atoms with Gasteiger partial charge in [0.05, 0.1) is 13.2 Å². The molecule has 0 fully saturated rings. The Bertz CT molecular complexity index is 871. The molecule has 370 valence electrons. The smallest absolute Gasteiger partial charge is 0.305 e. The van der Waals surface area contributed by atoms with Gasteiger partial charge in [0, 0.05) is 12.8 Å². The van der Waals surface area contributed by atoms with Crippen molar-refractivity contribution in [1.29, 1.82) is 0 Å². The van der Waals surface area contributed by atoms with Crippen molar-refractivity contribution in [2.24, 2.45) is 11.8 Å². The number of carbonyl (C=O) groups excluding carboxylic acids is 2. The Labute approximate surface area is 390 Å². The van der Waals surface area contributed by atoms with E-state index in [1.807, 2.05) is 0 Å². The first-order chi connectivity index (χ1) is 30.5. The number of unbranched alkanes of at least 4 members (excludes halogenated alkanes) is 37. The van der Waals surface area contributed by atoms with E-state index in [2.05, 4.69) is 27.7 Å². The summed E-state index contributed by atoms with van der Waals surface area (Å²) >= 11 is 0. The molecular formula is C58H114O4. The molecule has 0 aromatic carbocycles. The number of ether oxygens (including phenoxy) is 2. The Balaban J connectivity index is 3.36. The number of esters is 2. The molecule has 0 saturated heterocycles. The maximum atomic E-state index is 12.1. The summed E-state index contributed by atoms with van der Waals surface area (Å²) in [6, 6.07) is 0. The minimum atomic E-state index is 0.0191. The van der Waals surface area contributed by atoms with Gasteiger partial charge in [0.2, 0.25) is 0 Å². The summed E-state index contributed by atoms with van der Waals surface area (Å²) < 4.78 is 11.0. The summed E-state index contributed by atoms with van der Waals surface area (Å²) in [5.74, 6) is 1.73. The number of hydrogen-bond donors (Lipinski definition) is 0. The molecule has 0 bridgehead atoms. The molecule has 0 aromatic heterocycles. The Morgan fingerprint density at radius 1 is 0.274 bits per heavy atom. The van der Waals surface area contributed by atoms with Gasteiger partial charge < -0.3 is 9.47 Å². The van der Waals surface area contributed by atoms with Crippen LogP contribution in [0.4, 0.5) is 0 Å². The van der Waals surface area contributed by atoms with Crippen LogP contribution in [-0.2, 0) is 19.1 Å². The van der Waals surface area contributed by atoms with E-state index < -0.39 is 0 Å². The van der Waals surface area contributed by atoms with Crippen LogP contribution in [0.1, 0.15) is 336 Å². The summed E-state index contributed by atoms with van der Waals surface area (Å²) in [5, 5.41) is 0. The highest BCUT2D eigenvalue weighted by Crippen LogP contribution is 2.22. The van der Waals surface area contributed by atoms with Crippen LogP contribution in [0.25, 0.3) is 0 Å². The maximum Gasteiger partial charge on any atom is 0.305 e. The normalized spacial score (nSPS) is 12.5. The van der Waals surface area contributed by atoms with Crippen molar-refractivity contribution < 1.29 is 19.1 Å². The molecule has 2 atom stereocenters. The lowest BCUT2D eigenvalue weighted by Crippen LogP contribution is -2.05. The Kier molecular flexibility index (Phi) is 51.7. The SMILES string of the molecule is CCCCCCCCCCCCCCCCCC(=O)OCCCCCCCCC(C)CCCC(C)CCCCCCCOC(=O)CCCCCCCCCCCCCCCCC. The standard InChI is InChI=1S/C58H114O4/c1-5-7-9-11-13-15-17-19-21-23-25-27-29-36-42-51-57(59)61-53-44-38-32-31-34-40-47-55(3)49-46-50-56(4)48-41-35-33-39-45-54-62-58(60)52-43-37-30-28-26-24-22-20-18-16-14-12-10-8-6-2/h55-56H,5-54H2,1-4H3. The molecule has 0 amide bonds. The molecule has 0 spiro atoms. The Hall–Kier alpha value is -1.06. The Morgan fingerprint density at radius 2 is 0.484 bits per heavy atom.